The highest BCUT2D eigenvalue weighted by Crippen LogP contribution is 2.38. The van der Waals surface area contributed by atoms with E-state index in [0.717, 1.165) is 6.04 Å². The summed E-state index contributed by atoms with van der Waals surface area (Å²) in [5, 5.41) is 0. The molecule has 1 atom stereocenters. The molecule has 1 aliphatic rings. The largest absolute Gasteiger partial charge is 0.304 e. The summed E-state index contributed by atoms with van der Waals surface area (Å²) in [6, 6.07) is 0.856. The normalized spacial score (nSPS) is 29.7. The van der Waals surface area contributed by atoms with Gasteiger partial charge in [0.2, 0.25) is 0 Å². The third kappa shape index (κ3) is 2.19. The smallest absolute Gasteiger partial charge is 0.00973 e. The lowest BCUT2D eigenvalue weighted by Crippen LogP contribution is -2.29. The molecule has 1 aliphatic carbocycles. The van der Waals surface area contributed by atoms with Crippen LogP contribution < -0.4 is 0 Å². The lowest BCUT2D eigenvalue weighted by Gasteiger charge is -2.24. The van der Waals surface area contributed by atoms with Crippen LogP contribution in [-0.4, -0.2) is 24.5 Å². The van der Waals surface area contributed by atoms with Crippen LogP contribution in [0.1, 0.15) is 40.0 Å². The maximum absolute atomic E-state index is 2.48. The topological polar surface area (TPSA) is 3.24 Å². The fraction of sp³-hybridized carbons (Fsp3) is 1.00. The molecule has 0 N–H and O–H groups in total. The van der Waals surface area contributed by atoms with Crippen LogP contribution >= 0.6 is 0 Å². The molecule has 0 aromatic carbocycles. The zero-order chi connectivity index (χ0) is 8.48. The summed E-state index contributed by atoms with van der Waals surface area (Å²) in [5.74, 6) is 0. The fourth-order valence-electron chi connectivity index (χ4n) is 2.03. The van der Waals surface area contributed by atoms with Gasteiger partial charge in [-0.15, -0.1) is 0 Å². The van der Waals surface area contributed by atoms with Crippen molar-refractivity contribution in [2.75, 3.05) is 13.6 Å². The predicted octanol–water partition coefficient (Wildman–Crippen LogP) is 2.52. The minimum Gasteiger partial charge on any atom is -0.304 e. The van der Waals surface area contributed by atoms with Crippen molar-refractivity contribution in [1.29, 1.82) is 0 Å². The Bertz CT molecular complexity index is 129. The number of nitrogens with zero attached hydrogens (tertiary/aromatic N) is 1. The summed E-state index contributed by atoms with van der Waals surface area (Å²) in [6.07, 6.45) is 4.19. The van der Waals surface area contributed by atoms with Gasteiger partial charge in [-0.2, -0.15) is 0 Å². The molecular weight excluding hydrogens is 134 g/mol. The van der Waals surface area contributed by atoms with Gasteiger partial charge in [-0.3, -0.25) is 0 Å². The van der Waals surface area contributed by atoms with Crippen molar-refractivity contribution in [3.05, 3.63) is 0 Å². The average molecular weight is 155 g/mol. The fourth-order valence-corrected chi connectivity index (χ4v) is 2.03. The van der Waals surface area contributed by atoms with Crippen molar-refractivity contribution < 1.29 is 0 Å². The Labute approximate surface area is 70.8 Å². The minimum absolute atomic E-state index is 0.605. The Balaban J connectivity index is 2.41. The van der Waals surface area contributed by atoms with Crippen molar-refractivity contribution in [3.8, 4) is 0 Å². The zero-order valence-electron chi connectivity index (χ0n) is 8.35. The van der Waals surface area contributed by atoms with E-state index >= 15 is 0 Å². The van der Waals surface area contributed by atoms with Crippen molar-refractivity contribution >= 4 is 0 Å². The average Bonchev–Trinajstić information content (AvgIpc) is 2.29. The van der Waals surface area contributed by atoms with Gasteiger partial charge < -0.3 is 4.90 Å². The van der Waals surface area contributed by atoms with Crippen molar-refractivity contribution in [3.63, 3.8) is 0 Å². The molecule has 1 fully saturated rings. The molecule has 0 aromatic rings. The Kier molecular flexibility index (Phi) is 2.58. The first-order valence-corrected chi connectivity index (χ1v) is 4.75. The van der Waals surface area contributed by atoms with Gasteiger partial charge in [0, 0.05) is 6.04 Å². The lowest BCUT2D eigenvalue weighted by molar-refractivity contribution is 0.238. The van der Waals surface area contributed by atoms with E-state index in [9.17, 15) is 0 Å². The first kappa shape index (κ1) is 9.05. The molecule has 1 nitrogen and oxygen atoms in total. The third-order valence-electron chi connectivity index (χ3n) is 3.06. The summed E-state index contributed by atoms with van der Waals surface area (Å²) in [7, 11) is 2.24. The molecule has 0 amide bonds. The molecule has 0 bridgehead atoms. The van der Waals surface area contributed by atoms with Crippen LogP contribution in [0.5, 0.6) is 0 Å². The molecule has 1 unspecified atom stereocenters. The van der Waals surface area contributed by atoms with E-state index in [0.29, 0.717) is 5.41 Å². The van der Waals surface area contributed by atoms with Gasteiger partial charge in [0.15, 0.2) is 0 Å². The second-order valence-corrected chi connectivity index (χ2v) is 4.63. The highest BCUT2D eigenvalue weighted by Gasteiger charge is 2.32. The van der Waals surface area contributed by atoms with Crippen LogP contribution in [-0.2, 0) is 0 Å². The third-order valence-corrected chi connectivity index (χ3v) is 3.06. The van der Waals surface area contributed by atoms with Gasteiger partial charge >= 0.3 is 0 Å². The zero-order valence-corrected chi connectivity index (χ0v) is 8.35. The molecule has 1 rings (SSSR count). The maximum Gasteiger partial charge on any atom is 0.00973 e. The highest BCUT2D eigenvalue weighted by atomic mass is 15.1. The summed E-state index contributed by atoms with van der Waals surface area (Å²) in [6.45, 7) is 8.21. The number of hydrogen-bond donors (Lipinski definition) is 0. The monoisotopic (exact) mass is 155 g/mol. The summed E-state index contributed by atoms with van der Waals surface area (Å²) >= 11 is 0. The molecule has 11 heavy (non-hydrogen) atoms. The van der Waals surface area contributed by atoms with Gasteiger partial charge in [0.05, 0.1) is 0 Å². The van der Waals surface area contributed by atoms with E-state index in [4.69, 9.17) is 0 Å². The summed E-state index contributed by atoms with van der Waals surface area (Å²) in [4.78, 5) is 2.48. The van der Waals surface area contributed by atoms with Crippen molar-refractivity contribution in [2.45, 2.75) is 46.1 Å². The molecule has 0 saturated heterocycles. The SMILES string of the molecule is CCN(C)C1CCC(C)(C)C1. The van der Waals surface area contributed by atoms with E-state index < -0.39 is 0 Å². The molecular formula is C10H21N. The first-order chi connectivity index (χ1) is 5.05. The molecule has 1 saturated carbocycles. The Hall–Kier alpha value is -0.0400. The van der Waals surface area contributed by atoms with Gasteiger partial charge in [-0.25, -0.2) is 0 Å². The predicted molar refractivity (Wildman–Crippen MR) is 49.7 cm³/mol. The molecule has 66 valence electrons. The van der Waals surface area contributed by atoms with E-state index in [1.54, 1.807) is 0 Å². The number of rotatable bonds is 2. The Morgan fingerprint density at radius 3 is 2.45 bits per heavy atom. The van der Waals surface area contributed by atoms with Crippen LogP contribution in [0.15, 0.2) is 0 Å². The summed E-state index contributed by atoms with van der Waals surface area (Å²) < 4.78 is 0. The molecule has 0 heterocycles. The second kappa shape index (κ2) is 3.14. The lowest BCUT2D eigenvalue weighted by atomic mass is 9.92. The molecule has 0 spiro atoms. The van der Waals surface area contributed by atoms with Gasteiger partial charge in [-0.05, 0) is 38.3 Å². The quantitative estimate of drug-likeness (QED) is 0.592. The van der Waals surface area contributed by atoms with Crippen LogP contribution in [0.3, 0.4) is 0 Å². The van der Waals surface area contributed by atoms with E-state index in [1.165, 1.54) is 25.8 Å². The second-order valence-electron chi connectivity index (χ2n) is 4.63. The van der Waals surface area contributed by atoms with E-state index in [-0.39, 0.29) is 0 Å². The Morgan fingerprint density at radius 2 is 2.09 bits per heavy atom. The van der Waals surface area contributed by atoms with E-state index in [2.05, 4.69) is 32.7 Å². The van der Waals surface area contributed by atoms with Gasteiger partial charge in [0.25, 0.3) is 0 Å². The maximum atomic E-state index is 2.48. The Morgan fingerprint density at radius 1 is 1.45 bits per heavy atom. The first-order valence-electron chi connectivity index (χ1n) is 4.75. The van der Waals surface area contributed by atoms with Gasteiger partial charge in [-0.1, -0.05) is 20.8 Å². The molecule has 0 radical (unpaired) electrons. The highest BCUT2D eigenvalue weighted by molar-refractivity contribution is 4.86. The van der Waals surface area contributed by atoms with Gasteiger partial charge in [0.1, 0.15) is 0 Å². The molecule has 1 heteroatoms. The van der Waals surface area contributed by atoms with Crippen LogP contribution in [0, 0.1) is 5.41 Å². The summed E-state index contributed by atoms with van der Waals surface area (Å²) in [5.41, 5.74) is 0.605. The minimum atomic E-state index is 0.605. The van der Waals surface area contributed by atoms with Crippen LogP contribution in [0.4, 0.5) is 0 Å². The van der Waals surface area contributed by atoms with Crippen LogP contribution in [0.2, 0.25) is 0 Å². The molecule has 0 aromatic heterocycles. The van der Waals surface area contributed by atoms with E-state index in [1.807, 2.05) is 0 Å². The molecule has 0 aliphatic heterocycles. The number of hydrogen-bond acceptors (Lipinski definition) is 1. The standard InChI is InChI=1S/C10H21N/c1-5-11(4)9-6-7-10(2,3)8-9/h9H,5-8H2,1-4H3. The van der Waals surface area contributed by atoms with Crippen molar-refractivity contribution in [2.24, 2.45) is 5.41 Å². The van der Waals surface area contributed by atoms with Crippen molar-refractivity contribution in [1.82, 2.24) is 4.90 Å². The van der Waals surface area contributed by atoms with Crippen LogP contribution in [0.25, 0.3) is 0 Å².